The molecule has 2 heterocycles. The molecule has 0 aliphatic heterocycles. The van der Waals surface area contributed by atoms with Crippen LogP contribution in [-0.4, -0.2) is 11.1 Å². The van der Waals surface area contributed by atoms with Crippen LogP contribution in [0.3, 0.4) is 0 Å². The first-order chi connectivity index (χ1) is 9.72. The van der Waals surface area contributed by atoms with E-state index in [2.05, 4.69) is 16.8 Å². The van der Waals surface area contributed by atoms with Crippen LogP contribution in [0, 0.1) is 0 Å². The third-order valence-corrected chi connectivity index (χ3v) is 5.70. The van der Waals surface area contributed by atoms with Crippen LogP contribution < -0.4 is 5.32 Å². The number of fused-ring (bicyclic) bond motifs is 1. The highest BCUT2D eigenvalue weighted by atomic mass is 32.1. The largest absolute Gasteiger partial charge is 0.481 e. The minimum atomic E-state index is -0.762. The lowest BCUT2D eigenvalue weighted by Gasteiger charge is -2.23. The minimum Gasteiger partial charge on any atom is -0.481 e. The molecule has 0 radical (unpaired) electrons. The van der Waals surface area contributed by atoms with Gasteiger partial charge in [0, 0.05) is 27.2 Å². The number of nitrogens with one attached hydrogen (secondary N) is 1. The summed E-state index contributed by atoms with van der Waals surface area (Å²) in [7, 11) is 0. The Kier molecular flexibility index (Phi) is 4.19. The number of rotatable bonds is 5. The first-order valence-electron chi connectivity index (χ1n) is 6.81. The van der Waals surface area contributed by atoms with Gasteiger partial charge in [-0.15, -0.1) is 22.7 Å². The van der Waals surface area contributed by atoms with Crippen LogP contribution in [0.2, 0.25) is 0 Å². The number of hydrogen-bond acceptors (Lipinski definition) is 4. The molecule has 0 aromatic carbocycles. The lowest BCUT2D eigenvalue weighted by atomic mass is 9.94. The van der Waals surface area contributed by atoms with Crippen molar-refractivity contribution in [3.05, 3.63) is 43.8 Å². The molecule has 0 saturated heterocycles. The van der Waals surface area contributed by atoms with Crippen LogP contribution >= 0.6 is 22.7 Å². The lowest BCUT2D eigenvalue weighted by molar-refractivity contribution is -0.136. The van der Waals surface area contributed by atoms with Gasteiger partial charge in [0.15, 0.2) is 0 Å². The summed E-state index contributed by atoms with van der Waals surface area (Å²) in [5, 5.41) is 14.6. The van der Waals surface area contributed by atoms with E-state index in [9.17, 15) is 4.79 Å². The number of carboxylic acids is 1. The number of thiophene rings is 2. The van der Waals surface area contributed by atoms with Gasteiger partial charge in [0.05, 0.1) is 6.42 Å². The van der Waals surface area contributed by atoms with E-state index < -0.39 is 5.97 Å². The number of hydrogen-bond donors (Lipinski definition) is 2. The van der Waals surface area contributed by atoms with Crippen molar-refractivity contribution < 1.29 is 9.90 Å². The molecule has 1 unspecified atom stereocenters. The van der Waals surface area contributed by atoms with Crippen molar-refractivity contribution >= 4 is 28.6 Å². The van der Waals surface area contributed by atoms with Gasteiger partial charge in [-0.25, -0.2) is 0 Å². The Morgan fingerprint density at radius 1 is 1.35 bits per heavy atom. The summed E-state index contributed by atoms with van der Waals surface area (Å²) in [6.07, 6.45) is 3.78. The van der Waals surface area contributed by atoms with Gasteiger partial charge in [-0.3, -0.25) is 4.79 Å². The fraction of sp³-hybridized carbons (Fsp3) is 0.400. The first-order valence-corrected chi connectivity index (χ1v) is 8.51. The van der Waals surface area contributed by atoms with E-state index in [0.717, 1.165) is 11.4 Å². The van der Waals surface area contributed by atoms with Crippen molar-refractivity contribution in [1.82, 2.24) is 5.32 Å². The summed E-state index contributed by atoms with van der Waals surface area (Å²) in [6.45, 7) is 0.824. The predicted molar refractivity (Wildman–Crippen MR) is 82.5 cm³/mol. The molecule has 3 rings (SSSR count). The Balaban J connectivity index is 1.60. The third kappa shape index (κ3) is 3.11. The third-order valence-electron chi connectivity index (χ3n) is 3.62. The predicted octanol–water partition coefficient (Wildman–Crippen LogP) is 3.60. The molecule has 1 aliphatic carbocycles. The fourth-order valence-electron chi connectivity index (χ4n) is 2.68. The maximum atomic E-state index is 10.7. The first kappa shape index (κ1) is 13.8. The maximum Gasteiger partial charge on any atom is 0.308 e. The molecule has 0 saturated carbocycles. The summed E-state index contributed by atoms with van der Waals surface area (Å²) < 4.78 is 0. The van der Waals surface area contributed by atoms with Crippen molar-refractivity contribution in [3.63, 3.8) is 0 Å². The number of carbonyl (C=O) groups is 1. The zero-order chi connectivity index (χ0) is 13.9. The monoisotopic (exact) mass is 307 g/mol. The van der Waals surface area contributed by atoms with E-state index in [1.165, 1.54) is 34.6 Å². The summed E-state index contributed by atoms with van der Waals surface area (Å²) in [6, 6.07) is 6.65. The standard InChI is InChI=1S/C15H17NO2S2/c17-15(18)8-10-4-5-11(20-10)9-16-13-2-1-3-14-12(13)6-7-19-14/h4-7,13,16H,1-3,8-9H2,(H,17,18). The van der Waals surface area contributed by atoms with Crippen molar-refractivity contribution in [2.45, 2.75) is 38.3 Å². The zero-order valence-electron chi connectivity index (χ0n) is 11.1. The van der Waals surface area contributed by atoms with Crippen LogP contribution in [-0.2, 0) is 24.2 Å². The van der Waals surface area contributed by atoms with Crippen molar-refractivity contribution in [2.75, 3.05) is 0 Å². The molecule has 2 N–H and O–H groups in total. The Hall–Kier alpha value is -1.17. The SMILES string of the molecule is O=C(O)Cc1ccc(CNC2CCCc3sccc32)s1. The molecule has 2 aromatic rings. The van der Waals surface area contributed by atoms with Crippen LogP contribution in [0.15, 0.2) is 23.6 Å². The lowest BCUT2D eigenvalue weighted by Crippen LogP contribution is -2.23. The molecule has 5 heteroatoms. The van der Waals surface area contributed by atoms with E-state index in [-0.39, 0.29) is 6.42 Å². The zero-order valence-corrected chi connectivity index (χ0v) is 12.7. The van der Waals surface area contributed by atoms with Crippen LogP contribution in [0.5, 0.6) is 0 Å². The smallest absolute Gasteiger partial charge is 0.308 e. The van der Waals surface area contributed by atoms with Crippen LogP contribution in [0.25, 0.3) is 0 Å². The van der Waals surface area contributed by atoms with E-state index in [4.69, 9.17) is 5.11 Å². The maximum absolute atomic E-state index is 10.7. The fourth-order valence-corrected chi connectivity index (χ4v) is 4.63. The summed E-state index contributed by atoms with van der Waals surface area (Å²) >= 11 is 3.45. The van der Waals surface area contributed by atoms with E-state index in [1.807, 2.05) is 23.5 Å². The van der Waals surface area contributed by atoms with Gasteiger partial charge in [0.1, 0.15) is 0 Å². The molecule has 0 amide bonds. The Bertz CT molecular complexity index is 603. The second kappa shape index (κ2) is 6.08. The number of carboxylic acid groups (broad SMARTS) is 1. The summed E-state index contributed by atoms with van der Waals surface area (Å²) in [5.74, 6) is -0.762. The summed E-state index contributed by atoms with van der Waals surface area (Å²) in [4.78, 5) is 14.3. The number of aliphatic carboxylic acids is 1. The average molecular weight is 307 g/mol. The quantitative estimate of drug-likeness (QED) is 0.887. The van der Waals surface area contributed by atoms with E-state index >= 15 is 0 Å². The van der Waals surface area contributed by atoms with Crippen molar-refractivity contribution in [1.29, 1.82) is 0 Å². The van der Waals surface area contributed by atoms with Gasteiger partial charge in [-0.2, -0.15) is 0 Å². The Morgan fingerprint density at radius 2 is 2.20 bits per heavy atom. The van der Waals surface area contributed by atoms with Crippen molar-refractivity contribution in [2.24, 2.45) is 0 Å². The van der Waals surface area contributed by atoms with E-state index in [0.29, 0.717) is 6.04 Å². The average Bonchev–Trinajstić information content (AvgIpc) is 3.04. The molecular formula is C15H17NO2S2. The molecule has 1 aliphatic rings. The van der Waals surface area contributed by atoms with Gasteiger partial charge in [0.25, 0.3) is 0 Å². The van der Waals surface area contributed by atoms with Crippen LogP contribution in [0.1, 0.15) is 39.1 Å². The molecule has 2 aromatic heterocycles. The van der Waals surface area contributed by atoms with E-state index in [1.54, 1.807) is 11.3 Å². The topological polar surface area (TPSA) is 49.3 Å². The normalized spacial score (nSPS) is 17.9. The molecule has 3 nitrogen and oxygen atoms in total. The highest BCUT2D eigenvalue weighted by Crippen LogP contribution is 2.33. The molecule has 20 heavy (non-hydrogen) atoms. The molecule has 0 bridgehead atoms. The number of aryl methyl sites for hydroxylation is 1. The molecule has 0 fully saturated rings. The van der Waals surface area contributed by atoms with Gasteiger partial charge in [0.2, 0.25) is 0 Å². The van der Waals surface area contributed by atoms with Gasteiger partial charge in [-0.1, -0.05) is 0 Å². The van der Waals surface area contributed by atoms with Gasteiger partial charge >= 0.3 is 5.97 Å². The van der Waals surface area contributed by atoms with Crippen LogP contribution in [0.4, 0.5) is 0 Å². The molecule has 0 spiro atoms. The van der Waals surface area contributed by atoms with Crippen molar-refractivity contribution in [3.8, 4) is 0 Å². The molecule has 1 atom stereocenters. The molecular weight excluding hydrogens is 290 g/mol. The second-order valence-corrected chi connectivity index (χ2v) is 7.32. The minimum absolute atomic E-state index is 0.128. The summed E-state index contributed by atoms with van der Waals surface area (Å²) in [5.41, 5.74) is 1.46. The van der Waals surface area contributed by atoms with Gasteiger partial charge < -0.3 is 10.4 Å². The Labute approximate surface area is 126 Å². The highest BCUT2D eigenvalue weighted by Gasteiger charge is 2.20. The molecule has 106 valence electrons. The van der Waals surface area contributed by atoms with Gasteiger partial charge in [-0.05, 0) is 48.4 Å². The highest BCUT2D eigenvalue weighted by molar-refractivity contribution is 7.12. The second-order valence-electron chi connectivity index (χ2n) is 5.06. The Morgan fingerprint density at radius 3 is 3.05 bits per heavy atom.